The summed E-state index contributed by atoms with van der Waals surface area (Å²) in [6.45, 7) is 5.85. The van der Waals surface area contributed by atoms with Gasteiger partial charge in [-0.2, -0.15) is 27.0 Å². The van der Waals surface area contributed by atoms with Gasteiger partial charge in [-0.3, -0.25) is 15.6 Å². The second-order valence-electron chi connectivity index (χ2n) is 5.88. The number of aromatic nitrogens is 3. The first kappa shape index (κ1) is 28.2. The zero-order valence-corrected chi connectivity index (χ0v) is 19.0. The Morgan fingerprint density at radius 3 is 2.38 bits per heavy atom. The summed E-state index contributed by atoms with van der Waals surface area (Å²) in [5.74, 6) is 0.217. The summed E-state index contributed by atoms with van der Waals surface area (Å²) in [5, 5.41) is 3.16. The summed E-state index contributed by atoms with van der Waals surface area (Å²) >= 11 is 2.70. The van der Waals surface area contributed by atoms with Crippen molar-refractivity contribution in [1.82, 2.24) is 19.3 Å². The maximum Gasteiger partial charge on any atom is 1.00 e. The minimum absolute atomic E-state index is 0. The Morgan fingerprint density at radius 2 is 1.90 bits per heavy atom. The molecule has 1 aliphatic heterocycles. The smallest absolute Gasteiger partial charge is 0.393 e. The molecular formula is C18H25F3LiN5S2-2. The molecule has 0 aromatic carbocycles. The first-order chi connectivity index (χ1) is 12.9. The van der Waals surface area contributed by atoms with Gasteiger partial charge in [0, 0.05) is 31.0 Å². The molecule has 1 aliphatic rings. The second kappa shape index (κ2) is 13.5. The van der Waals surface area contributed by atoms with E-state index in [9.17, 15) is 13.2 Å². The van der Waals surface area contributed by atoms with Crippen molar-refractivity contribution in [2.45, 2.75) is 38.9 Å². The number of hydrogen-bond donors (Lipinski definition) is 1. The summed E-state index contributed by atoms with van der Waals surface area (Å²) in [6, 6.07) is 0.158. The maximum absolute atomic E-state index is 13.2. The molecule has 158 valence electrons. The molecule has 0 unspecified atom stereocenters. The van der Waals surface area contributed by atoms with Crippen molar-refractivity contribution in [2.24, 2.45) is 0 Å². The molecule has 0 spiro atoms. The van der Waals surface area contributed by atoms with Gasteiger partial charge in [0.05, 0.1) is 5.56 Å². The van der Waals surface area contributed by atoms with Crippen LogP contribution in [0.5, 0.6) is 0 Å². The van der Waals surface area contributed by atoms with Crippen molar-refractivity contribution in [2.75, 3.05) is 24.7 Å². The van der Waals surface area contributed by atoms with Crippen LogP contribution in [0.2, 0.25) is 0 Å². The molecule has 3 rings (SSSR count). The minimum atomic E-state index is -4.51. The van der Waals surface area contributed by atoms with Crippen molar-refractivity contribution in [3.05, 3.63) is 37.3 Å². The third kappa shape index (κ3) is 8.46. The Morgan fingerprint density at radius 1 is 1.28 bits per heavy atom. The average Bonchev–Trinajstić information content (AvgIpc) is 3.17. The number of piperidine rings is 1. The molecule has 0 aliphatic carbocycles. The molecule has 29 heavy (non-hydrogen) atoms. The van der Waals surface area contributed by atoms with E-state index in [-0.39, 0.29) is 44.0 Å². The number of hydrogen-bond acceptors (Lipinski definition) is 7. The van der Waals surface area contributed by atoms with E-state index in [1.807, 2.05) is 26.5 Å². The maximum atomic E-state index is 13.2. The van der Waals surface area contributed by atoms with Gasteiger partial charge in [0.15, 0.2) is 0 Å². The van der Waals surface area contributed by atoms with Crippen LogP contribution in [0, 0.1) is 19.4 Å². The van der Waals surface area contributed by atoms with Crippen molar-refractivity contribution in [3.63, 3.8) is 0 Å². The molecule has 0 saturated carbocycles. The van der Waals surface area contributed by atoms with Gasteiger partial charge >= 0.3 is 25.0 Å². The minimum Gasteiger partial charge on any atom is -0.393 e. The zero-order valence-electron chi connectivity index (χ0n) is 17.4. The molecule has 1 saturated heterocycles. The Labute approximate surface area is 191 Å². The van der Waals surface area contributed by atoms with Gasteiger partial charge < -0.3 is 24.1 Å². The molecule has 1 fully saturated rings. The van der Waals surface area contributed by atoms with E-state index < -0.39 is 11.7 Å². The Balaban J connectivity index is 0.00000148. The van der Waals surface area contributed by atoms with Crippen LogP contribution in [0.3, 0.4) is 0 Å². The number of halogens is 3. The molecule has 1 N–H and O–H groups in total. The first-order valence-electron chi connectivity index (χ1n) is 8.45. The first-order valence-corrected chi connectivity index (χ1v) is 10.4. The summed E-state index contributed by atoms with van der Waals surface area (Å²) in [5.41, 5.74) is 1.54. The molecule has 3 heterocycles. The molecular weight excluding hydrogens is 414 g/mol. The number of anilines is 1. The SMILES string of the molecule is CSN1CCC(Nc2ncc(C(F)(F)F)c(-c3cn[c-]s3)n2)CC1.C[CH-]C.[CH3-].[Li+]. The predicted molar refractivity (Wildman–Crippen MR) is 111 cm³/mol. The van der Waals surface area contributed by atoms with E-state index in [0.29, 0.717) is 4.88 Å². The topological polar surface area (TPSA) is 53.9 Å². The van der Waals surface area contributed by atoms with Gasteiger partial charge in [-0.05, 0) is 24.6 Å². The normalized spacial score (nSPS) is 14.8. The molecule has 2 aromatic rings. The molecule has 0 amide bonds. The number of alkyl halides is 3. The predicted octanol–water partition coefficient (Wildman–Crippen LogP) is 2.26. The van der Waals surface area contributed by atoms with Crippen molar-refractivity contribution in [3.8, 4) is 10.6 Å². The second-order valence-corrected chi connectivity index (χ2v) is 7.59. The standard InChI is InChI=1S/C14H15F3N5S2.C3H7.CH3.Li/c1-23-22-4-2-9(3-5-22)20-13-19-6-10(14(15,16)17)12(21-13)11-7-18-8-24-11;1-3-2;;/h6-7,9H,2-5H2,1H3,(H,19,20,21);3H,1-2H3;1H3;/q3*-1;+1. The monoisotopic (exact) mass is 439 g/mol. The number of rotatable bonds is 4. The molecule has 11 heteroatoms. The van der Waals surface area contributed by atoms with Gasteiger partial charge in [-0.1, -0.05) is 16.8 Å². The van der Waals surface area contributed by atoms with Gasteiger partial charge in [-0.15, -0.1) is 6.20 Å². The Kier molecular flexibility index (Phi) is 13.1. The fourth-order valence-electron chi connectivity index (χ4n) is 2.51. The zero-order chi connectivity index (χ0) is 19.9. The molecule has 0 bridgehead atoms. The fourth-order valence-corrected chi connectivity index (χ4v) is 3.65. The fraction of sp³-hybridized carbons (Fsp3) is 0.500. The largest absolute Gasteiger partial charge is 1.00 e. The average molecular weight is 440 g/mol. The molecule has 0 radical (unpaired) electrons. The van der Waals surface area contributed by atoms with Crippen molar-refractivity contribution in [1.29, 1.82) is 0 Å². The van der Waals surface area contributed by atoms with Crippen LogP contribution in [-0.4, -0.2) is 44.6 Å². The van der Waals surface area contributed by atoms with E-state index in [1.54, 1.807) is 11.9 Å². The quantitative estimate of drug-likeness (QED) is 0.448. The van der Waals surface area contributed by atoms with E-state index in [2.05, 4.69) is 30.1 Å². The van der Waals surface area contributed by atoms with E-state index in [4.69, 9.17) is 0 Å². The Hall–Kier alpha value is -0.793. The van der Waals surface area contributed by atoms with Gasteiger partial charge in [0.1, 0.15) is 0 Å². The van der Waals surface area contributed by atoms with Gasteiger partial charge in [-0.25, -0.2) is 9.97 Å². The summed E-state index contributed by atoms with van der Waals surface area (Å²) in [4.78, 5) is 12.0. The van der Waals surface area contributed by atoms with Crippen LogP contribution in [-0.2, 0) is 6.18 Å². The number of thiazole rings is 1. The van der Waals surface area contributed by atoms with E-state index in [1.165, 1.54) is 6.20 Å². The van der Waals surface area contributed by atoms with E-state index in [0.717, 1.165) is 43.5 Å². The van der Waals surface area contributed by atoms with Gasteiger partial charge in [0.2, 0.25) is 5.95 Å². The summed E-state index contributed by atoms with van der Waals surface area (Å²) in [6.07, 6.45) is 3.49. The third-order valence-electron chi connectivity index (χ3n) is 3.76. The Bertz CT molecular complexity index is 693. The number of nitrogens with one attached hydrogen (secondary N) is 1. The molecule has 5 nitrogen and oxygen atoms in total. The van der Waals surface area contributed by atoms with Crippen LogP contribution in [0.15, 0.2) is 12.4 Å². The van der Waals surface area contributed by atoms with E-state index >= 15 is 0 Å². The molecule has 0 atom stereocenters. The van der Waals surface area contributed by atoms with Crippen LogP contribution in [0.4, 0.5) is 19.1 Å². The van der Waals surface area contributed by atoms with Crippen LogP contribution in [0.1, 0.15) is 32.3 Å². The van der Waals surface area contributed by atoms with Crippen LogP contribution >= 0.6 is 23.3 Å². The van der Waals surface area contributed by atoms with Crippen LogP contribution in [0.25, 0.3) is 10.6 Å². The summed E-state index contributed by atoms with van der Waals surface area (Å²) in [7, 11) is 0. The van der Waals surface area contributed by atoms with Crippen molar-refractivity contribution < 1.29 is 32.0 Å². The summed E-state index contributed by atoms with van der Waals surface area (Å²) < 4.78 is 41.8. The van der Waals surface area contributed by atoms with Crippen LogP contribution < -0.4 is 24.2 Å². The molecule has 2 aromatic heterocycles. The third-order valence-corrected chi connectivity index (χ3v) is 5.36. The number of nitrogens with zero attached hydrogens (tertiary/aromatic N) is 4. The van der Waals surface area contributed by atoms with Gasteiger partial charge in [0.25, 0.3) is 0 Å². The van der Waals surface area contributed by atoms with Crippen molar-refractivity contribution >= 4 is 29.2 Å².